The first kappa shape index (κ1) is 21.9. The van der Waals surface area contributed by atoms with Crippen molar-refractivity contribution < 1.29 is 13.2 Å². The number of hydrogen-bond donors (Lipinski definition) is 1. The summed E-state index contributed by atoms with van der Waals surface area (Å²) in [5, 5.41) is 3.23. The van der Waals surface area contributed by atoms with Crippen LogP contribution in [0.5, 0.6) is 0 Å². The third-order valence-electron chi connectivity index (χ3n) is 4.83. The molecule has 0 spiro atoms. The lowest BCUT2D eigenvalue weighted by Crippen LogP contribution is -2.18. The lowest BCUT2D eigenvalue weighted by atomic mass is 10.1. The van der Waals surface area contributed by atoms with E-state index in [2.05, 4.69) is 10.3 Å². The molecule has 0 radical (unpaired) electrons. The number of benzene rings is 3. The van der Waals surface area contributed by atoms with Crippen LogP contribution in [-0.4, -0.2) is 25.1 Å². The van der Waals surface area contributed by atoms with Crippen LogP contribution in [-0.2, 0) is 20.4 Å². The minimum absolute atomic E-state index is 0.0747. The van der Waals surface area contributed by atoms with Crippen LogP contribution in [0.3, 0.4) is 0 Å². The number of rotatable bonds is 8. The molecule has 3 aromatic carbocycles. The summed E-state index contributed by atoms with van der Waals surface area (Å²) in [5.41, 5.74) is 3.46. The Morgan fingerprint density at radius 3 is 2.00 bits per heavy atom. The van der Waals surface area contributed by atoms with Gasteiger partial charge in [0, 0.05) is 12.0 Å². The SMILES string of the molecule is O=C(CCS(=O)(=O)Cc1ccccc1)Nc1nc(-c2ccccc2)c(-c2ccccc2)s1. The molecule has 5 nitrogen and oxygen atoms in total. The van der Waals surface area contributed by atoms with Crippen LogP contribution in [0.1, 0.15) is 12.0 Å². The minimum Gasteiger partial charge on any atom is -0.302 e. The van der Waals surface area contributed by atoms with Crippen molar-refractivity contribution in [3.05, 3.63) is 96.6 Å². The van der Waals surface area contributed by atoms with Crippen molar-refractivity contribution in [3.8, 4) is 21.7 Å². The molecule has 0 aliphatic heterocycles. The number of anilines is 1. The fourth-order valence-electron chi connectivity index (χ4n) is 3.28. The molecule has 0 fully saturated rings. The standard InChI is InChI=1S/C25H22N2O3S2/c28-22(16-17-32(29,30)18-19-10-4-1-5-11-19)26-25-27-23(20-12-6-2-7-13-20)24(31-25)21-14-8-3-9-15-21/h1-15H,16-18H2,(H,26,27,28). The van der Waals surface area contributed by atoms with Crippen LogP contribution in [0.25, 0.3) is 21.7 Å². The van der Waals surface area contributed by atoms with Gasteiger partial charge in [-0.2, -0.15) is 0 Å². The molecule has 162 valence electrons. The monoisotopic (exact) mass is 462 g/mol. The van der Waals surface area contributed by atoms with Crippen LogP contribution in [0.15, 0.2) is 91.0 Å². The van der Waals surface area contributed by atoms with E-state index in [4.69, 9.17) is 0 Å². The molecule has 32 heavy (non-hydrogen) atoms. The normalized spacial score (nSPS) is 11.2. The number of thiazole rings is 1. The lowest BCUT2D eigenvalue weighted by Gasteiger charge is -2.05. The van der Waals surface area contributed by atoms with Gasteiger partial charge in [-0.05, 0) is 11.1 Å². The number of nitrogens with zero attached hydrogens (tertiary/aromatic N) is 1. The predicted octanol–water partition coefficient (Wildman–Crippen LogP) is 5.42. The summed E-state index contributed by atoms with van der Waals surface area (Å²) >= 11 is 1.38. The summed E-state index contributed by atoms with van der Waals surface area (Å²) in [6.45, 7) is 0. The van der Waals surface area contributed by atoms with E-state index >= 15 is 0 Å². The van der Waals surface area contributed by atoms with Crippen LogP contribution >= 0.6 is 11.3 Å². The molecule has 1 N–H and O–H groups in total. The molecule has 7 heteroatoms. The van der Waals surface area contributed by atoms with Crippen LogP contribution < -0.4 is 5.32 Å². The molecule has 0 aliphatic rings. The van der Waals surface area contributed by atoms with Crippen molar-refractivity contribution >= 4 is 32.2 Å². The third kappa shape index (κ3) is 5.69. The van der Waals surface area contributed by atoms with Gasteiger partial charge in [0.25, 0.3) is 0 Å². The molecule has 1 heterocycles. The predicted molar refractivity (Wildman–Crippen MR) is 130 cm³/mol. The summed E-state index contributed by atoms with van der Waals surface area (Å²) in [4.78, 5) is 18.1. The van der Waals surface area contributed by atoms with E-state index in [0.717, 1.165) is 21.7 Å². The van der Waals surface area contributed by atoms with E-state index in [1.807, 2.05) is 66.7 Å². The molecule has 0 atom stereocenters. The highest BCUT2D eigenvalue weighted by Gasteiger charge is 2.18. The number of hydrogen-bond acceptors (Lipinski definition) is 5. The summed E-state index contributed by atoms with van der Waals surface area (Å²) in [6, 6.07) is 28.6. The number of aromatic nitrogens is 1. The second kappa shape index (κ2) is 9.89. The Hall–Kier alpha value is -3.29. The topological polar surface area (TPSA) is 76.1 Å². The molecular weight excluding hydrogens is 440 g/mol. The Kier molecular flexibility index (Phi) is 6.78. The van der Waals surface area contributed by atoms with Crippen molar-refractivity contribution in [1.82, 2.24) is 4.98 Å². The van der Waals surface area contributed by atoms with Crippen LogP contribution in [0, 0.1) is 0 Å². The van der Waals surface area contributed by atoms with E-state index in [-0.39, 0.29) is 23.8 Å². The Morgan fingerprint density at radius 1 is 0.812 bits per heavy atom. The van der Waals surface area contributed by atoms with E-state index in [1.165, 1.54) is 11.3 Å². The average molecular weight is 463 g/mol. The molecule has 1 amide bonds. The van der Waals surface area contributed by atoms with Gasteiger partial charge in [-0.25, -0.2) is 13.4 Å². The number of amides is 1. The van der Waals surface area contributed by atoms with E-state index in [1.54, 1.807) is 24.3 Å². The lowest BCUT2D eigenvalue weighted by molar-refractivity contribution is -0.115. The van der Waals surface area contributed by atoms with Gasteiger partial charge in [0.05, 0.1) is 22.1 Å². The smallest absolute Gasteiger partial charge is 0.227 e. The molecular formula is C25H22N2O3S2. The fraction of sp³-hybridized carbons (Fsp3) is 0.120. The Labute approximate surface area is 191 Å². The highest BCUT2D eigenvalue weighted by Crippen LogP contribution is 2.38. The largest absolute Gasteiger partial charge is 0.302 e. The highest BCUT2D eigenvalue weighted by atomic mass is 32.2. The zero-order valence-corrected chi connectivity index (χ0v) is 18.9. The van der Waals surface area contributed by atoms with Gasteiger partial charge in [-0.1, -0.05) is 102 Å². The number of sulfone groups is 1. The molecule has 0 aliphatic carbocycles. The Balaban J connectivity index is 1.48. The van der Waals surface area contributed by atoms with Crippen molar-refractivity contribution in [1.29, 1.82) is 0 Å². The van der Waals surface area contributed by atoms with Gasteiger partial charge in [-0.15, -0.1) is 0 Å². The van der Waals surface area contributed by atoms with E-state index < -0.39 is 9.84 Å². The van der Waals surface area contributed by atoms with E-state index in [9.17, 15) is 13.2 Å². The van der Waals surface area contributed by atoms with Crippen molar-refractivity contribution in [3.63, 3.8) is 0 Å². The molecule has 0 bridgehead atoms. The molecule has 0 saturated heterocycles. The number of carbonyl (C=O) groups excluding carboxylic acids is 1. The third-order valence-corrected chi connectivity index (χ3v) is 7.45. The maximum absolute atomic E-state index is 12.5. The van der Waals surface area contributed by atoms with Crippen LogP contribution in [0.2, 0.25) is 0 Å². The van der Waals surface area contributed by atoms with E-state index in [0.29, 0.717) is 10.7 Å². The quantitative estimate of drug-likeness (QED) is 0.379. The zero-order chi connectivity index (χ0) is 22.4. The van der Waals surface area contributed by atoms with Gasteiger partial charge < -0.3 is 5.32 Å². The summed E-state index contributed by atoms with van der Waals surface area (Å²) in [5.74, 6) is -0.653. The number of carbonyl (C=O) groups is 1. The Morgan fingerprint density at radius 2 is 1.38 bits per heavy atom. The first-order chi connectivity index (χ1) is 15.5. The van der Waals surface area contributed by atoms with Crippen molar-refractivity contribution in [2.45, 2.75) is 12.2 Å². The van der Waals surface area contributed by atoms with Gasteiger partial charge in [0.2, 0.25) is 5.91 Å². The van der Waals surface area contributed by atoms with Gasteiger partial charge in [0.1, 0.15) is 0 Å². The molecule has 1 aromatic heterocycles. The maximum Gasteiger partial charge on any atom is 0.227 e. The number of nitrogens with one attached hydrogen (secondary N) is 1. The Bertz CT molecular complexity index is 1230. The van der Waals surface area contributed by atoms with Crippen LogP contribution in [0.4, 0.5) is 5.13 Å². The molecule has 4 rings (SSSR count). The van der Waals surface area contributed by atoms with Gasteiger partial charge in [0.15, 0.2) is 15.0 Å². The minimum atomic E-state index is -3.39. The maximum atomic E-state index is 12.5. The average Bonchev–Trinajstić information content (AvgIpc) is 3.23. The summed E-state index contributed by atoms with van der Waals surface area (Å²) in [7, 11) is -3.39. The zero-order valence-electron chi connectivity index (χ0n) is 17.3. The molecule has 0 unspecified atom stereocenters. The molecule has 4 aromatic rings. The highest BCUT2D eigenvalue weighted by molar-refractivity contribution is 7.90. The van der Waals surface area contributed by atoms with Crippen molar-refractivity contribution in [2.24, 2.45) is 0 Å². The second-order valence-corrected chi connectivity index (χ2v) is 10.5. The summed E-state index contributed by atoms with van der Waals surface area (Å²) in [6.07, 6.45) is -0.115. The first-order valence-electron chi connectivity index (χ1n) is 10.2. The van der Waals surface area contributed by atoms with Gasteiger partial charge >= 0.3 is 0 Å². The second-order valence-electron chi connectivity index (χ2n) is 7.30. The van der Waals surface area contributed by atoms with Crippen molar-refractivity contribution in [2.75, 3.05) is 11.1 Å². The summed E-state index contributed by atoms with van der Waals surface area (Å²) < 4.78 is 24.8. The first-order valence-corrected chi connectivity index (χ1v) is 12.8. The fourth-order valence-corrected chi connectivity index (χ4v) is 5.63. The molecule has 0 saturated carbocycles. The van der Waals surface area contributed by atoms with Gasteiger partial charge in [-0.3, -0.25) is 4.79 Å².